The van der Waals surface area contributed by atoms with E-state index in [2.05, 4.69) is 4.98 Å². The average molecular weight is 331 g/mol. The number of nitrogens with zero attached hydrogens (tertiary/aromatic N) is 3. The van der Waals surface area contributed by atoms with Crippen LogP contribution in [-0.2, 0) is 0 Å². The van der Waals surface area contributed by atoms with E-state index in [-0.39, 0.29) is 17.7 Å². The zero-order valence-electron chi connectivity index (χ0n) is 14.1. The maximum Gasteiger partial charge on any atom is 0.289 e. The first-order valence-corrected chi connectivity index (χ1v) is 7.99. The van der Waals surface area contributed by atoms with Crippen LogP contribution in [0.15, 0.2) is 27.2 Å². The minimum absolute atomic E-state index is 0.0921. The maximum atomic E-state index is 12.3. The molecular weight excluding hydrogens is 310 g/mol. The number of likely N-dealkylation sites (tertiary alicyclic amines) is 1. The molecule has 0 aromatic carbocycles. The number of hydrogen-bond donors (Lipinski definition) is 0. The molecule has 3 heterocycles. The molecule has 128 valence electrons. The van der Waals surface area contributed by atoms with E-state index in [0.29, 0.717) is 36.2 Å². The summed E-state index contributed by atoms with van der Waals surface area (Å²) >= 11 is 0. The third-order valence-electron chi connectivity index (χ3n) is 4.29. The van der Waals surface area contributed by atoms with E-state index < -0.39 is 0 Å². The number of hydrogen-bond acceptors (Lipinski definition) is 5. The zero-order valence-corrected chi connectivity index (χ0v) is 14.1. The summed E-state index contributed by atoms with van der Waals surface area (Å²) in [6.45, 7) is 2.98. The Morgan fingerprint density at radius 2 is 2.00 bits per heavy atom. The summed E-state index contributed by atoms with van der Waals surface area (Å²) in [4.78, 5) is 32.0. The van der Waals surface area contributed by atoms with Crippen LogP contribution in [0.2, 0.25) is 0 Å². The summed E-state index contributed by atoms with van der Waals surface area (Å²) in [5.74, 6) is 1.35. The SMILES string of the molecule is Cc1oc(C2CCN(C(=O)c3ccco3)CC2)nc1C(=O)N(C)C. The van der Waals surface area contributed by atoms with Gasteiger partial charge in [0, 0.05) is 33.1 Å². The molecule has 24 heavy (non-hydrogen) atoms. The Morgan fingerprint density at radius 3 is 2.58 bits per heavy atom. The van der Waals surface area contributed by atoms with Gasteiger partial charge < -0.3 is 18.6 Å². The van der Waals surface area contributed by atoms with Gasteiger partial charge in [0.2, 0.25) is 0 Å². The van der Waals surface area contributed by atoms with Crippen LogP contribution in [0.3, 0.4) is 0 Å². The van der Waals surface area contributed by atoms with Crippen molar-refractivity contribution in [3.05, 3.63) is 41.5 Å². The number of aromatic nitrogens is 1. The monoisotopic (exact) mass is 331 g/mol. The molecule has 0 bridgehead atoms. The highest BCUT2D eigenvalue weighted by molar-refractivity contribution is 5.93. The van der Waals surface area contributed by atoms with Gasteiger partial charge in [-0.15, -0.1) is 0 Å². The van der Waals surface area contributed by atoms with Crippen LogP contribution in [-0.4, -0.2) is 53.8 Å². The predicted molar refractivity (Wildman–Crippen MR) is 85.8 cm³/mol. The molecule has 1 aliphatic heterocycles. The van der Waals surface area contributed by atoms with Gasteiger partial charge in [-0.1, -0.05) is 0 Å². The number of oxazole rings is 1. The molecule has 0 radical (unpaired) electrons. The number of carbonyl (C=O) groups excluding carboxylic acids is 2. The van der Waals surface area contributed by atoms with Crippen LogP contribution >= 0.6 is 0 Å². The number of aryl methyl sites for hydroxylation is 1. The Balaban J connectivity index is 1.66. The van der Waals surface area contributed by atoms with E-state index in [1.165, 1.54) is 11.2 Å². The largest absolute Gasteiger partial charge is 0.459 e. The van der Waals surface area contributed by atoms with Gasteiger partial charge in [-0.3, -0.25) is 9.59 Å². The van der Waals surface area contributed by atoms with E-state index in [1.807, 2.05) is 0 Å². The fraction of sp³-hybridized carbons (Fsp3) is 0.471. The minimum atomic E-state index is -0.159. The second kappa shape index (κ2) is 6.51. The first-order chi connectivity index (χ1) is 11.5. The molecule has 7 nitrogen and oxygen atoms in total. The summed E-state index contributed by atoms with van der Waals surface area (Å²) in [6.07, 6.45) is 3.00. The molecule has 0 unspecified atom stereocenters. The molecule has 0 atom stereocenters. The number of furan rings is 1. The van der Waals surface area contributed by atoms with Crippen LogP contribution < -0.4 is 0 Å². The smallest absolute Gasteiger partial charge is 0.289 e. The number of amides is 2. The highest BCUT2D eigenvalue weighted by atomic mass is 16.4. The van der Waals surface area contributed by atoms with E-state index in [1.54, 1.807) is 38.1 Å². The van der Waals surface area contributed by atoms with Crippen LogP contribution in [0.1, 0.15) is 51.5 Å². The molecule has 0 N–H and O–H groups in total. The molecule has 0 saturated carbocycles. The molecule has 1 saturated heterocycles. The van der Waals surface area contributed by atoms with Crippen LogP contribution in [0.4, 0.5) is 0 Å². The standard InChI is InChI=1S/C17H21N3O4/c1-11-14(17(22)19(2)3)18-15(24-11)12-6-8-20(9-7-12)16(21)13-5-4-10-23-13/h4-5,10,12H,6-9H2,1-3H3. The van der Waals surface area contributed by atoms with Crippen molar-refractivity contribution in [3.8, 4) is 0 Å². The van der Waals surface area contributed by atoms with Crippen molar-refractivity contribution < 1.29 is 18.4 Å². The summed E-state index contributed by atoms with van der Waals surface area (Å²) < 4.78 is 10.9. The van der Waals surface area contributed by atoms with Gasteiger partial charge in [0.05, 0.1) is 6.26 Å². The van der Waals surface area contributed by atoms with Gasteiger partial charge >= 0.3 is 0 Å². The van der Waals surface area contributed by atoms with Gasteiger partial charge in [-0.2, -0.15) is 0 Å². The summed E-state index contributed by atoms with van der Waals surface area (Å²) in [7, 11) is 3.38. The topological polar surface area (TPSA) is 79.8 Å². The molecule has 1 aliphatic rings. The Bertz CT molecular complexity index is 725. The van der Waals surface area contributed by atoms with Gasteiger partial charge in [-0.25, -0.2) is 4.98 Å². The van der Waals surface area contributed by atoms with Crippen molar-refractivity contribution in [2.45, 2.75) is 25.7 Å². The summed E-state index contributed by atoms with van der Waals surface area (Å²) in [5, 5.41) is 0. The highest BCUT2D eigenvalue weighted by Gasteiger charge is 2.30. The molecule has 0 spiro atoms. The van der Waals surface area contributed by atoms with Crippen molar-refractivity contribution in [2.75, 3.05) is 27.2 Å². The third kappa shape index (κ3) is 3.06. The minimum Gasteiger partial charge on any atom is -0.459 e. The Labute approximate surface area is 140 Å². The maximum absolute atomic E-state index is 12.3. The lowest BCUT2D eigenvalue weighted by atomic mass is 9.96. The highest BCUT2D eigenvalue weighted by Crippen LogP contribution is 2.29. The van der Waals surface area contributed by atoms with Crippen molar-refractivity contribution in [1.29, 1.82) is 0 Å². The first kappa shape index (κ1) is 16.3. The molecule has 3 rings (SSSR count). The van der Waals surface area contributed by atoms with Crippen molar-refractivity contribution in [1.82, 2.24) is 14.8 Å². The van der Waals surface area contributed by atoms with E-state index >= 15 is 0 Å². The second-order valence-electron chi connectivity index (χ2n) is 6.20. The lowest BCUT2D eigenvalue weighted by Crippen LogP contribution is -2.37. The zero-order chi connectivity index (χ0) is 17.3. The molecule has 1 fully saturated rings. The summed E-state index contributed by atoms with van der Waals surface area (Å²) in [6, 6.07) is 3.38. The lowest BCUT2D eigenvalue weighted by Gasteiger charge is -2.29. The van der Waals surface area contributed by atoms with Gasteiger partial charge in [-0.05, 0) is 31.9 Å². The number of piperidine rings is 1. The quantitative estimate of drug-likeness (QED) is 0.862. The van der Waals surface area contributed by atoms with Gasteiger partial charge in [0.25, 0.3) is 11.8 Å². The molecule has 2 aromatic heterocycles. The number of carbonyl (C=O) groups is 2. The third-order valence-corrected chi connectivity index (χ3v) is 4.29. The van der Waals surface area contributed by atoms with E-state index in [0.717, 1.165) is 12.8 Å². The Kier molecular flexibility index (Phi) is 4.42. The van der Waals surface area contributed by atoms with E-state index in [9.17, 15) is 9.59 Å². The lowest BCUT2D eigenvalue weighted by molar-refractivity contribution is 0.0674. The number of rotatable bonds is 3. The van der Waals surface area contributed by atoms with Crippen molar-refractivity contribution >= 4 is 11.8 Å². The fourth-order valence-electron chi connectivity index (χ4n) is 2.89. The molecule has 0 aliphatic carbocycles. The first-order valence-electron chi connectivity index (χ1n) is 7.99. The normalized spacial score (nSPS) is 15.5. The predicted octanol–water partition coefficient (Wildman–Crippen LogP) is 2.30. The summed E-state index contributed by atoms with van der Waals surface area (Å²) in [5.41, 5.74) is 0.365. The Morgan fingerprint density at radius 1 is 1.29 bits per heavy atom. The average Bonchev–Trinajstić information content (AvgIpc) is 3.23. The van der Waals surface area contributed by atoms with Crippen LogP contribution in [0.5, 0.6) is 0 Å². The molecule has 7 heteroatoms. The van der Waals surface area contributed by atoms with Gasteiger partial charge in [0.15, 0.2) is 17.3 Å². The van der Waals surface area contributed by atoms with Crippen molar-refractivity contribution in [2.24, 2.45) is 0 Å². The molecular formula is C17H21N3O4. The Hall–Kier alpha value is -2.57. The van der Waals surface area contributed by atoms with Crippen LogP contribution in [0.25, 0.3) is 0 Å². The van der Waals surface area contributed by atoms with Crippen molar-refractivity contribution in [3.63, 3.8) is 0 Å². The van der Waals surface area contributed by atoms with Crippen LogP contribution in [0, 0.1) is 6.92 Å². The second-order valence-corrected chi connectivity index (χ2v) is 6.20. The van der Waals surface area contributed by atoms with E-state index in [4.69, 9.17) is 8.83 Å². The molecule has 2 amide bonds. The van der Waals surface area contributed by atoms with Gasteiger partial charge in [0.1, 0.15) is 5.76 Å². The molecule has 2 aromatic rings. The fourth-order valence-corrected chi connectivity index (χ4v) is 2.89.